The van der Waals surface area contributed by atoms with Crippen LogP contribution in [0.1, 0.15) is 47.1 Å². The van der Waals surface area contributed by atoms with Gasteiger partial charge in [0.05, 0.1) is 5.56 Å². The molecule has 1 aliphatic heterocycles. The first kappa shape index (κ1) is 23.5. The van der Waals surface area contributed by atoms with Gasteiger partial charge in [-0.25, -0.2) is 0 Å². The number of aromatic nitrogens is 1. The quantitative estimate of drug-likeness (QED) is 0.463. The average molecular weight is 474 g/mol. The van der Waals surface area contributed by atoms with Gasteiger partial charge in [-0.05, 0) is 55.2 Å². The molecule has 3 aromatic rings. The molecular formula is C25H25F3N2O4. The largest absolute Gasteiger partial charge is 0.573 e. The molecule has 2 aromatic carbocycles. The van der Waals surface area contributed by atoms with Crippen molar-refractivity contribution in [3.63, 3.8) is 0 Å². The summed E-state index contributed by atoms with van der Waals surface area (Å²) < 4.78 is 55.4. The summed E-state index contributed by atoms with van der Waals surface area (Å²) in [6.45, 7) is 4.43. The Labute approximate surface area is 195 Å². The summed E-state index contributed by atoms with van der Waals surface area (Å²) >= 11 is 0. The summed E-state index contributed by atoms with van der Waals surface area (Å²) in [6, 6.07) is 11.3. The number of halogens is 3. The number of unbranched alkanes of at least 4 members (excludes halogenated alkanes) is 1. The van der Waals surface area contributed by atoms with Crippen molar-refractivity contribution >= 4 is 5.91 Å². The van der Waals surface area contributed by atoms with Gasteiger partial charge in [-0.1, -0.05) is 31.5 Å². The number of nitrogens with zero attached hydrogens (tertiary/aromatic N) is 1. The van der Waals surface area contributed by atoms with E-state index >= 15 is 0 Å². The van der Waals surface area contributed by atoms with Crippen LogP contribution in [-0.4, -0.2) is 23.6 Å². The number of amides is 1. The lowest BCUT2D eigenvalue weighted by molar-refractivity contribution is -0.274. The monoisotopic (exact) mass is 474 g/mol. The van der Waals surface area contributed by atoms with Crippen molar-refractivity contribution < 1.29 is 32.2 Å². The number of fused-ring (bicyclic) bond motifs is 1. The molecule has 2 heterocycles. The Bertz CT molecular complexity index is 1220. The molecule has 1 aliphatic rings. The number of carbonyl (C=O) groups excluding carboxylic acids is 1. The van der Waals surface area contributed by atoms with Crippen molar-refractivity contribution in [3.8, 4) is 28.4 Å². The fourth-order valence-electron chi connectivity index (χ4n) is 4.30. The third-order valence-electron chi connectivity index (χ3n) is 5.78. The lowest BCUT2D eigenvalue weighted by atomic mass is 9.97. The van der Waals surface area contributed by atoms with Crippen LogP contribution in [0.4, 0.5) is 13.2 Å². The van der Waals surface area contributed by atoms with Crippen molar-refractivity contribution in [3.05, 3.63) is 65.0 Å². The minimum Gasteiger partial charge on any atom is -0.454 e. The zero-order chi connectivity index (χ0) is 24.5. The minimum absolute atomic E-state index is 0.162. The van der Waals surface area contributed by atoms with Crippen LogP contribution in [0.2, 0.25) is 0 Å². The van der Waals surface area contributed by atoms with Gasteiger partial charge in [0.1, 0.15) is 5.75 Å². The molecule has 0 bridgehead atoms. The number of carbonyl (C=O) groups is 1. The molecular weight excluding hydrogens is 449 g/mol. The summed E-state index contributed by atoms with van der Waals surface area (Å²) in [6.07, 6.45) is -2.47. The molecule has 9 heteroatoms. The maximum absolute atomic E-state index is 12.8. The molecule has 0 unspecified atom stereocenters. The molecule has 34 heavy (non-hydrogen) atoms. The summed E-state index contributed by atoms with van der Waals surface area (Å²) in [5, 5.41) is 0. The SMILES string of the molecule is CCCCc1c(-c2cccc(OC(F)(F)F)c2)c(C(N)=O)c(C)n1Cc1ccc2c(c1)OCO2. The Morgan fingerprint density at radius 3 is 2.62 bits per heavy atom. The van der Waals surface area contributed by atoms with Crippen molar-refractivity contribution in [2.75, 3.05) is 6.79 Å². The van der Waals surface area contributed by atoms with Crippen molar-refractivity contribution in [2.24, 2.45) is 5.73 Å². The molecule has 0 radical (unpaired) electrons. The van der Waals surface area contributed by atoms with Gasteiger partial charge in [0, 0.05) is 23.5 Å². The molecule has 0 spiro atoms. The number of nitrogens with two attached hydrogens (primary N) is 1. The first-order valence-electron chi connectivity index (χ1n) is 10.9. The van der Waals surface area contributed by atoms with Crippen LogP contribution >= 0.6 is 0 Å². The number of rotatable bonds is 8. The van der Waals surface area contributed by atoms with Gasteiger partial charge in [-0.15, -0.1) is 13.2 Å². The highest BCUT2D eigenvalue weighted by atomic mass is 19.4. The number of alkyl halides is 3. The first-order valence-corrected chi connectivity index (χ1v) is 10.9. The van der Waals surface area contributed by atoms with Crippen molar-refractivity contribution in [2.45, 2.75) is 46.0 Å². The van der Waals surface area contributed by atoms with Crippen LogP contribution in [0.15, 0.2) is 42.5 Å². The molecule has 0 saturated heterocycles. The van der Waals surface area contributed by atoms with E-state index in [2.05, 4.69) is 4.74 Å². The van der Waals surface area contributed by atoms with Gasteiger partial charge in [0.2, 0.25) is 6.79 Å². The Hall–Kier alpha value is -3.62. The van der Waals surface area contributed by atoms with Gasteiger partial charge in [0.15, 0.2) is 11.5 Å². The second-order valence-corrected chi connectivity index (χ2v) is 8.10. The normalized spacial score (nSPS) is 12.7. The van der Waals surface area contributed by atoms with Crippen LogP contribution in [0.5, 0.6) is 17.2 Å². The maximum atomic E-state index is 12.8. The average Bonchev–Trinajstić information content (AvgIpc) is 3.33. The van der Waals surface area contributed by atoms with Gasteiger partial charge in [-0.2, -0.15) is 0 Å². The molecule has 1 aromatic heterocycles. The summed E-state index contributed by atoms with van der Waals surface area (Å²) in [4.78, 5) is 12.5. The van der Waals surface area contributed by atoms with Gasteiger partial charge < -0.3 is 24.5 Å². The van der Waals surface area contributed by atoms with E-state index < -0.39 is 12.3 Å². The Balaban J connectivity index is 1.84. The Morgan fingerprint density at radius 2 is 1.91 bits per heavy atom. The van der Waals surface area contributed by atoms with Gasteiger partial charge in [0.25, 0.3) is 5.91 Å². The third kappa shape index (κ3) is 4.83. The zero-order valence-corrected chi connectivity index (χ0v) is 18.9. The van der Waals surface area contributed by atoms with E-state index in [0.29, 0.717) is 41.3 Å². The number of ether oxygens (including phenoxy) is 3. The number of primary amides is 1. The maximum Gasteiger partial charge on any atom is 0.573 e. The molecule has 1 amide bonds. The summed E-state index contributed by atoms with van der Waals surface area (Å²) in [7, 11) is 0. The van der Waals surface area contributed by atoms with Gasteiger partial charge in [-0.3, -0.25) is 4.79 Å². The van der Waals surface area contributed by atoms with E-state index in [1.54, 1.807) is 13.0 Å². The minimum atomic E-state index is -4.82. The predicted molar refractivity (Wildman–Crippen MR) is 120 cm³/mol. The highest BCUT2D eigenvalue weighted by Gasteiger charge is 2.32. The van der Waals surface area contributed by atoms with Crippen LogP contribution in [0.25, 0.3) is 11.1 Å². The highest BCUT2D eigenvalue weighted by molar-refractivity contribution is 6.02. The molecule has 0 aliphatic carbocycles. The number of hydrogen-bond donors (Lipinski definition) is 1. The number of hydrogen-bond acceptors (Lipinski definition) is 4. The molecule has 6 nitrogen and oxygen atoms in total. The van der Waals surface area contributed by atoms with Gasteiger partial charge >= 0.3 is 6.36 Å². The van der Waals surface area contributed by atoms with Crippen LogP contribution in [0.3, 0.4) is 0 Å². The fourth-order valence-corrected chi connectivity index (χ4v) is 4.30. The second kappa shape index (κ2) is 9.32. The standard InChI is InChI=1S/C25H25F3N2O4/c1-3-4-8-19-23(17-6-5-7-18(12-17)34-25(26,27)28)22(24(29)31)15(2)30(19)13-16-9-10-20-21(11-16)33-14-32-20/h5-7,9-12H,3-4,8,13-14H2,1-2H3,(H2,29,31). The van der Waals surface area contributed by atoms with Crippen molar-refractivity contribution in [1.29, 1.82) is 0 Å². The summed E-state index contributed by atoms with van der Waals surface area (Å²) in [5.74, 6) is 0.309. The molecule has 2 N–H and O–H groups in total. The van der Waals surface area contributed by atoms with E-state index in [1.807, 2.05) is 29.7 Å². The molecule has 0 fully saturated rings. The van der Waals surface area contributed by atoms with Crippen LogP contribution < -0.4 is 19.9 Å². The van der Waals surface area contributed by atoms with E-state index in [-0.39, 0.29) is 18.1 Å². The zero-order valence-electron chi connectivity index (χ0n) is 18.9. The van der Waals surface area contributed by atoms with E-state index in [1.165, 1.54) is 18.2 Å². The van der Waals surface area contributed by atoms with Crippen LogP contribution in [0, 0.1) is 6.92 Å². The Morgan fingerprint density at radius 1 is 1.15 bits per heavy atom. The first-order chi connectivity index (χ1) is 16.2. The van der Waals surface area contributed by atoms with E-state index in [4.69, 9.17) is 15.2 Å². The highest BCUT2D eigenvalue weighted by Crippen LogP contribution is 2.38. The van der Waals surface area contributed by atoms with Crippen LogP contribution in [-0.2, 0) is 13.0 Å². The smallest absolute Gasteiger partial charge is 0.454 e. The third-order valence-corrected chi connectivity index (χ3v) is 5.78. The summed E-state index contributed by atoms with van der Waals surface area (Å²) in [5.41, 5.74) is 9.43. The predicted octanol–water partition coefficient (Wildman–Crippen LogP) is 5.58. The lowest BCUT2D eigenvalue weighted by Crippen LogP contribution is -2.17. The lowest BCUT2D eigenvalue weighted by Gasteiger charge is -2.14. The molecule has 4 rings (SSSR count). The topological polar surface area (TPSA) is 75.7 Å². The molecule has 0 atom stereocenters. The van der Waals surface area contributed by atoms with Crippen molar-refractivity contribution in [1.82, 2.24) is 4.57 Å². The van der Waals surface area contributed by atoms with E-state index in [9.17, 15) is 18.0 Å². The molecule has 0 saturated carbocycles. The second-order valence-electron chi connectivity index (χ2n) is 8.10. The fraction of sp³-hybridized carbons (Fsp3) is 0.320. The Kier molecular flexibility index (Phi) is 6.45. The molecule has 180 valence electrons. The van der Waals surface area contributed by atoms with E-state index in [0.717, 1.165) is 24.1 Å². The number of benzene rings is 2.